The van der Waals surface area contributed by atoms with E-state index in [-0.39, 0.29) is 12.6 Å². The van der Waals surface area contributed by atoms with Crippen LogP contribution in [0.1, 0.15) is 54.5 Å². The van der Waals surface area contributed by atoms with E-state index >= 15 is 0 Å². The van der Waals surface area contributed by atoms with Crippen LogP contribution in [0.5, 0.6) is 5.75 Å². The first-order valence-electron chi connectivity index (χ1n) is 12.3. The van der Waals surface area contributed by atoms with Crippen LogP contribution in [0.4, 0.5) is 31.1 Å². The number of aryl methyl sites for hydroxylation is 1. The fourth-order valence-corrected chi connectivity index (χ4v) is 4.83. The highest BCUT2D eigenvalue weighted by atomic mass is 35.5. The topological polar surface area (TPSA) is 51.7 Å². The first kappa shape index (κ1) is 29.5. The van der Waals surface area contributed by atoms with Gasteiger partial charge in [-0.15, -0.1) is 0 Å². The molecule has 1 aromatic heterocycles. The molecule has 1 saturated heterocycles. The third-order valence-corrected chi connectivity index (χ3v) is 6.88. The highest BCUT2D eigenvalue weighted by Gasteiger charge is 2.43. The molecule has 2 unspecified atom stereocenters. The number of halogens is 7. The predicted molar refractivity (Wildman–Crippen MR) is 136 cm³/mol. The van der Waals surface area contributed by atoms with E-state index in [1.54, 1.807) is 18.2 Å². The smallest absolute Gasteiger partial charge is 0.416 e. The van der Waals surface area contributed by atoms with E-state index in [2.05, 4.69) is 0 Å². The van der Waals surface area contributed by atoms with E-state index in [4.69, 9.17) is 26.1 Å². The number of nitrogens with zero attached hydrogens (tertiary/aromatic N) is 2. The number of carbonyl (C=O) groups is 1. The summed E-state index contributed by atoms with van der Waals surface area (Å²) >= 11 is 6.23. The van der Waals surface area contributed by atoms with Crippen LogP contribution >= 0.6 is 11.6 Å². The Bertz CT molecular complexity index is 1380. The van der Waals surface area contributed by atoms with Gasteiger partial charge in [-0.05, 0) is 61.4 Å². The molecule has 0 N–H and O–H groups in total. The number of amides is 1. The number of benzene rings is 2. The minimum absolute atomic E-state index is 0.0382. The van der Waals surface area contributed by atoms with Crippen molar-refractivity contribution in [2.24, 2.45) is 0 Å². The first-order chi connectivity index (χ1) is 18.7. The molecule has 5 nitrogen and oxygen atoms in total. The summed E-state index contributed by atoms with van der Waals surface area (Å²) < 4.78 is 91.5. The molecule has 3 aromatic rings. The number of rotatable bonds is 7. The van der Waals surface area contributed by atoms with Gasteiger partial charge in [-0.3, -0.25) is 9.88 Å². The Hall–Kier alpha value is -3.47. The number of aromatic nitrogens is 1. The summed E-state index contributed by atoms with van der Waals surface area (Å²) in [5.41, 5.74) is -0.990. The van der Waals surface area contributed by atoms with Crippen LogP contribution in [0.2, 0.25) is 5.02 Å². The van der Waals surface area contributed by atoms with Crippen molar-refractivity contribution in [2.45, 2.75) is 57.7 Å². The molecule has 0 spiro atoms. The second kappa shape index (κ2) is 11.2. The molecule has 1 aliphatic heterocycles. The molecule has 0 saturated carbocycles. The molecule has 0 bridgehead atoms. The Balaban J connectivity index is 1.74. The minimum Gasteiger partial charge on any atom is -0.496 e. The summed E-state index contributed by atoms with van der Waals surface area (Å²) in [5.74, 6) is 0.495. The SMILES string of the molecule is CCCc1ccc(-c2cc(Cl)ccc2OC)c(CN2C(=O)OC(c3cc(C(F)(F)F)cc(C(F)(F)F)c3)C2C)n1. The standard InChI is InChI=1S/C28H25ClF6N2O3/c1-4-5-20-7-8-21(22-13-19(29)6-9-24(22)39-3)23(36-20)14-37-15(2)25(40-26(37)38)16-10-17(27(30,31)32)12-18(11-16)28(33,34)35/h6-13,15,25H,4-5,14H2,1-3H3. The molecule has 1 amide bonds. The Labute approximate surface area is 231 Å². The van der Waals surface area contributed by atoms with Crippen LogP contribution in [0.3, 0.4) is 0 Å². The maximum atomic E-state index is 13.4. The summed E-state index contributed by atoms with van der Waals surface area (Å²) in [4.78, 5) is 18.9. The quantitative estimate of drug-likeness (QED) is 0.261. The van der Waals surface area contributed by atoms with Crippen LogP contribution in [0, 0.1) is 0 Å². The predicted octanol–water partition coefficient (Wildman–Crippen LogP) is 8.48. The lowest BCUT2D eigenvalue weighted by molar-refractivity contribution is -0.143. The molecule has 2 heterocycles. The number of cyclic esters (lactones) is 1. The van der Waals surface area contributed by atoms with Crippen molar-refractivity contribution in [2.75, 3.05) is 7.11 Å². The molecule has 214 valence electrons. The van der Waals surface area contributed by atoms with Gasteiger partial charge in [0.2, 0.25) is 0 Å². The van der Waals surface area contributed by atoms with E-state index in [0.717, 1.165) is 12.1 Å². The van der Waals surface area contributed by atoms with Crippen molar-refractivity contribution in [1.29, 1.82) is 0 Å². The molecule has 40 heavy (non-hydrogen) atoms. The average Bonchev–Trinajstić information content (AvgIpc) is 3.16. The van der Waals surface area contributed by atoms with Crippen molar-refractivity contribution >= 4 is 17.7 Å². The van der Waals surface area contributed by atoms with Gasteiger partial charge in [0, 0.05) is 21.8 Å². The molecule has 1 aliphatic rings. The number of ether oxygens (including phenoxy) is 2. The maximum Gasteiger partial charge on any atom is 0.416 e. The summed E-state index contributed by atoms with van der Waals surface area (Å²) in [7, 11) is 1.49. The normalized spacial score (nSPS) is 17.8. The zero-order chi connectivity index (χ0) is 29.4. The Morgan fingerprint density at radius 2 is 1.62 bits per heavy atom. The van der Waals surface area contributed by atoms with Crippen molar-refractivity contribution in [3.8, 4) is 16.9 Å². The van der Waals surface area contributed by atoms with Crippen LogP contribution in [0.15, 0.2) is 48.5 Å². The number of carbonyl (C=O) groups excluding carboxylic acids is 1. The molecular formula is C28H25ClF6N2O3. The summed E-state index contributed by atoms with van der Waals surface area (Å²) in [6, 6.07) is 8.93. The fourth-order valence-electron chi connectivity index (χ4n) is 4.66. The van der Waals surface area contributed by atoms with Crippen LogP contribution in [-0.4, -0.2) is 29.1 Å². The molecule has 0 radical (unpaired) electrons. The van der Waals surface area contributed by atoms with E-state index in [0.29, 0.717) is 46.1 Å². The van der Waals surface area contributed by atoms with Crippen molar-refractivity contribution in [1.82, 2.24) is 9.88 Å². The molecule has 1 fully saturated rings. The third-order valence-electron chi connectivity index (χ3n) is 6.64. The van der Waals surface area contributed by atoms with Gasteiger partial charge in [-0.1, -0.05) is 31.0 Å². The van der Waals surface area contributed by atoms with Crippen LogP contribution in [-0.2, 0) is 30.1 Å². The highest BCUT2D eigenvalue weighted by Crippen LogP contribution is 2.42. The number of alkyl halides is 6. The van der Waals surface area contributed by atoms with Gasteiger partial charge in [0.05, 0.1) is 36.5 Å². The molecular weight excluding hydrogens is 562 g/mol. The number of pyridine rings is 1. The van der Waals surface area contributed by atoms with Gasteiger partial charge in [0.15, 0.2) is 0 Å². The van der Waals surface area contributed by atoms with E-state index < -0.39 is 47.3 Å². The van der Waals surface area contributed by atoms with Crippen LogP contribution < -0.4 is 4.74 Å². The lowest BCUT2D eigenvalue weighted by atomic mass is 9.97. The van der Waals surface area contributed by atoms with Crippen LogP contribution in [0.25, 0.3) is 11.1 Å². The largest absolute Gasteiger partial charge is 0.496 e. The summed E-state index contributed by atoms with van der Waals surface area (Å²) in [6.45, 7) is 3.35. The highest BCUT2D eigenvalue weighted by molar-refractivity contribution is 6.31. The van der Waals surface area contributed by atoms with E-state index in [9.17, 15) is 31.1 Å². The summed E-state index contributed by atoms with van der Waals surface area (Å²) in [6.07, 6.45) is -10.9. The zero-order valence-electron chi connectivity index (χ0n) is 21.7. The van der Waals surface area contributed by atoms with Gasteiger partial charge in [-0.25, -0.2) is 4.79 Å². The number of hydrogen-bond donors (Lipinski definition) is 0. The summed E-state index contributed by atoms with van der Waals surface area (Å²) in [5, 5.41) is 0.429. The first-order valence-corrected chi connectivity index (χ1v) is 12.7. The average molecular weight is 587 g/mol. The molecule has 0 aliphatic carbocycles. The van der Waals surface area contributed by atoms with Crippen molar-refractivity contribution in [3.05, 3.63) is 81.6 Å². The molecule has 4 rings (SSSR count). The van der Waals surface area contributed by atoms with E-state index in [1.165, 1.54) is 18.9 Å². The van der Waals surface area contributed by atoms with Gasteiger partial charge >= 0.3 is 18.4 Å². The second-order valence-corrected chi connectivity index (χ2v) is 9.84. The Morgan fingerprint density at radius 3 is 2.20 bits per heavy atom. The van der Waals surface area contributed by atoms with Crippen molar-refractivity contribution in [3.63, 3.8) is 0 Å². The fraction of sp³-hybridized carbons (Fsp3) is 0.357. The lowest BCUT2D eigenvalue weighted by Gasteiger charge is -2.23. The van der Waals surface area contributed by atoms with Gasteiger partial charge < -0.3 is 9.47 Å². The molecule has 2 atom stereocenters. The van der Waals surface area contributed by atoms with Gasteiger partial charge in [0.1, 0.15) is 11.9 Å². The third kappa shape index (κ3) is 6.14. The zero-order valence-corrected chi connectivity index (χ0v) is 22.4. The number of methoxy groups -OCH3 is 1. The van der Waals surface area contributed by atoms with Gasteiger partial charge in [-0.2, -0.15) is 26.3 Å². The molecule has 12 heteroatoms. The maximum absolute atomic E-state index is 13.4. The minimum atomic E-state index is -5.03. The van der Waals surface area contributed by atoms with E-state index in [1.807, 2.05) is 19.1 Å². The van der Waals surface area contributed by atoms with Gasteiger partial charge in [0.25, 0.3) is 0 Å². The second-order valence-electron chi connectivity index (χ2n) is 9.40. The monoisotopic (exact) mass is 586 g/mol. The Morgan fingerprint density at radius 1 is 0.975 bits per heavy atom. The number of hydrogen-bond acceptors (Lipinski definition) is 4. The van der Waals surface area contributed by atoms with Crippen molar-refractivity contribution < 1.29 is 40.6 Å². The Kier molecular flexibility index (Phi) is 8.26. The molecule has 2 aromatic carbocycles. The lowest BCUT2D eigenvalue weighted by Crippen LogP contribution is -2.32.